The first-order valence-electron chi connectivity index (χ1n) is 8.01. The average molecular weight is 266 g/mol. The van der Waals surface area contributed by atoms with Crippen molar-refractivity contribution in [2.24, 2.45) is 11.3 Å². The minimum absolute atomic E-state index is 0.155. The highest BCUT2D eigenvalue weighted by Crippen LogP contribution is 2.22. The molecule has 0 aliphatic rings. The molecule has 0 bridgehead atoms. The summed E-state index contributed by atoms with van der Waals surface area (Å²) in [5, 5.41) is 9.03. The lowest BCUT2D eigenvalue weighted by atomic mass is 9.89. The first-order valence-corrected chi connectivity index (χ1v) is 8.01. The molecule has 0 amide bonds. The van der Waals surface area contributed by atoms with E-state index >= 15 is 0 Å². The second-order valence-corrected chi connectivity index (χ2v) is 6.81. The first-order chi connectivity index (χ1) is 8.86. The van der Waals surface area contributed by atoms with Crippen molar-refractivity contribution in [1.29, 1.82) is 5.26 Å². The van der Waals surface area contributed by atoms with Gasteiger partial charge in [0.25, 0.3) is 0 Å². The molecule has 2 heteroatoms. The van der Waals surface area contributed by atoms with Crippen molar-refractivity contribution in [3.63, 3.8) is 0 Å². The standard InChI is InChI=1S/C17H34N2/c1-7-16(8-2)19(13-15(3)4)12-10-9-11-17(5,6)14-18/h15-16H,7-13H2,1-6H3. The predicted molar refractivity (Wildman–Crippen MR) is 84.0 cm³/mol. The van der Waals surface area contributed by atoms with E-state index in [2.05, 4.69) is 38.7 Å². The van der Waals surface area contributed by atoms with Gasteiger partial charge in [0.15, 0.2) is 0 Å². The highest BCUT2D eigenvalue weighted by molar-refractivity contribution is 4.91. The van der Waals surface area contributed by atoms with Crippen molar-refractivity contribution in [2.45, 2.75) is 79.7 Å². The molecule has 0 N–H and O–H groups in total. The minimum Gasteiger partial charge on any atom is -0.300 e. The molecule has 0 rings (SSSR count). The fraction of sp³-hybridized carbons (Fsp3) is 0.941. The lowest BCUT2D eigenvalue weighted by Crippen LogP contribution is -2.38. The summed E-state index contributed by atoms with van der Waals surface area (Å²) < 4.78 is 0. The third kappa shape index (κ3) is 8.26. The summed E-state index contributed by atoms with van der Waals surface area (Å²) in [4.78, 5) is 2.66. The summed E-state index contributed by atoms with van der Waals surface area (Å²) in [6.07, 6.45) is 5.88. The van der Waals surface area contributed by atoms with Gasteiger partial charge in [0.05, 0.1) is 11.5 Å². The van der Waals surface area contributed by atoms with Crippen LogP contribution in [-0.2, 0) is 0 Å². The Morgan fingerprint density at radius 3 is 2.11 bits per heavy atom. The number of nitriles is 1. The molecule has 0 aromatic carbocycles. The fourth-order valence-electron chi connectivity index (χ4n) is 2.63. The van der Waals surface area contributed by atoms with Crippen molar-refractivity contribution < 1.29 is 0 Å². The van der Waals surface area contributed by atoms with Gasteiger partial charge in [0, 0.05) is 12.6 Å². The molecule has 0 unspecified atom stereocenters. The largest absolute Gasteiger partial charge is 0.300 e. The van der Waals surface area contributed by atoms with Gasteiger partial charge >= 0.3 is 0 Å². The smallest absolute Gasteiger partial charge is 0.0683 e. The maximum absolute atomic E-state index is 9.03. The van der Waals surface area contributed by atoms with Crippen LogP contribution in [0.15, 0.2) is 0 Å². The topological polar surface area (TPSA) is 27.0 Å². The molecule has 19 heavy (non-hydrogen) atoms. The van der Waals surface area contributed by atoms with E-state index in [1.165, 1.54) is 32.4 Å². The molecule has 2 nitrogen and oxygen atoms in total. The Balaban J connectivity index is 4.17. The van der Waals surface area contributed by atoms with Crippen LogP contribution in [0.1, 0.15) is 73.6 Å². The van der Waals surface area contributed by atoms with Gasteiger partial charge in [-0.1, -0.05) is 34.1 Å². The number of hydrogen-bond donors (Lipinski definition) is 0. The zero-order valence-corrected chi connectivity index (χ0v) is 14.0. The maximum Gasteiger partial charge on any atom is 0.0683 e. The van der Waals surface area contributed by atoms with Crippen molar-refractivity contribution in [3.05, 3.63) is 0 Å². The van der Waals surface area contributed by atoms with Crippen LogP contribution >= 0.6 is 0 Å². The Labute approximate surface area is 121 Å². The number of rotatable bonds is 10. The Hall–Kier alpha value is -0.550. The van der Waals surface area contributed by atoms with Gasteiger partial charge in [-0.3, -0.25) is 0 Å². The monoisotopic (exact) mass is 266 g/mol. The molecule has 0 heterocycles. The summed E-state index contributed by atoms with van der Waals surface area (Å²) >= 11 is 0. The van der Waals surface area contributed by atoms with Crippen LogP contribution in [0.25, 0.3) is 0 Å². The number of nitrogens with zero attached hydrogens (tertiary/aromatic N) is 2. The summed E-state index contributed by atoms with van der Waals surface area (Å²) in [7, 11) is 0. The van der Waals surface area contributed by atoms with E-state index in [0.29, 0.717) is 0 Å². The van der Waals surface area contributed by atoms with Crippen molar-refractivity contribution >= 4 is 0 Å². The Bertz CT molecular complexity index is 259. The lowest BCUT2D eigenvalue weighted by molar-refractivity contribution is 0.161. The van der Waals surface area contributed by atoms with Crippen LogP contribution in [0.3, 0.4) is 0 Å². The third-order valence-electron chi connectivity index (χ3n) is 3.86. The molecule has 0 radical (unpaired) electrons. The lowest BCUT2D eigenvalue weighted by Gasteiger charge is -2.32. The van der Waals surface area contributed by atoms with Gasteiger partial charge in [-0.25, -0.2) is 0 Å². The minimum atomic E-state index is -0.155. The zero-order valence-electron chi connectivity index (χ0n) is 14.0. The van der Waals surface area contributed by atoms with Crippen LogP contribution in [0, 0.1) is 22.7 Å². The zero-order chi connectivity index (χ0) is 14.9. The van der Waals surface area contributed by atoms with Crippen LogP contribution in [0.4, 0.5) is 0 Å². The van der Waals surface area contributed by atoms with Gasteiger partial charge in [-0.05, 0) is 52.0 Å². The molecule has 0 aliphatic heterocycles. The van der Waals surface area contributed by atoms with Gasteiger partial charge in [0.1, 0.15) is 0 Å². The summed E-state index contributed by atoms with van der Waals surface area (Å²) in [6.45, 7) is 15.7. The third-order valence-corrected chi connectivity index (χ3v) is 3.86. The molecular weight excluding hydrogens is 232 g/mol. The van der Waals surface area contributed by atoms with Crippen molar-refractivity contribution in [3.8, 4) is 6.07 Å². The van der Waals surface area contributed by atoms with E-state index in [-0.39, 0.29) is 5.41 Å². The van der Waals surface area contributed by atoms with Gasteiger partial charge in [-0.2, -0.15) is 5.26 Å². The molecule has 0 aromatic heterocycles. The van der Waals surface area contributed by atoms with Crippen LogP contribution in [0.2, 0.25) is 0 Å². The van der Waals surface area contributed by atoms with E-state index in [4.69, 9.17) is 5.26 Å². The summed E-state index contributed by atoms with van der Waals surface area (Å²) in [5.41, 5.74) is -0.155. The van der Waals surface area contributed by atoms with Crippen LogP contribution in [0.5, 0.6) is 0 Å². The normalized spacial score (nSPS) is 12.4. The molecule has 0 aromatic rings. The van der Waals surface area contributed by atoms with Crippen molar-refractivity contribution in [2.75, 3.05) is 13.1 Å². The van der Waals surface area contributed by atoms with Crippen LogP contribution < -0.4 is 0 Å². The van der Waals surface area contributed by atoms with Gasteiger partial charge < -0.3 is 4.90 Å². The van der Waals surface area contributed by atoms with E-state index < -0.39 is 0 Å². The highest BCUT2D eigenvalue weighted by Gasteiger charge is 2.18. The SMILES string of the molecule is CCC(CC)N(CCCCC(C)(C)C#N)CC(C)C. The maximum atomic E-state index is 9.03. The summed E-state index contributed by atoms with van der Waals surface area (Å²) in [5.74, 6) is 0.733. The molecule has 112 valence electrons. The molecule has 0 atom stereocenters. The molecule has 0 saturated heterocycles. The Morgan fingerprint density at radius 1 is 1.11 bits per heavy atom. The molecular formula is C17H34N2. The summed E-state index contributed by atoms with van der Waals surface area (Å²) in [6, 6.07) is 3.12. The van der Waals surface area contributed by atoms with E-state index in [9.17, 15) is 0 Å². The quantitative estimate of drug-likeness (QED) is 0.528. The second-order valence-electron chi connectivity index (χ2n) is 6.81. The molecule has 0 spiro atoms. The van der Waals surface area contributed by atoms with Crippen LogP contribution in [-0.4, -0.2) is 24.0 Å². The molecule has 0 saturated carbocycles. The molecule has 0 fully saturated rings. The number of unbranched alkanes of at least 4 members (excludes halogenated alkanes) is 1. The van der Waals surface area contributed by atoms with Gasteiger partial charge in [-0.15, -0.1) is 0 Å². The average Bonchev–Trinajstić information content (AvgIpc) is 2.35. The molecule has 0 aliphatic carbocycles. The first kappa shape index (κ1) is 18.4. The van der Waals surface area contributed by atoms with E-state index in [0.717, 1.165) is 24.8 Å². The predicted octanol–water partition coefficient (Wildman–Crippen LogP) is 4.85. The Morgan fingerprint density at radius 2 is 1.68 bits per heavy atom. The highest BCUT2D eigenvalue weighted by atomic mass is 15.1. The van der Waals surface area contributed by atoms with Gasteiger partial charge in [0.2, 0.25) is 0 Å². The van der Waals surface area contributed by atoms with E-state index in [1.807, 2.05) is 13.8 Å². The second kappa shape index (κ2) is 9.37. The number of hydrogen-bond acceptors (Lipinski definition) is 2. The van der Waals surface area contributed by atoms with Crippen molar-refractivity contribution in [1.82, 2.24) is 4.90 Å². The Kier molecular flexibility index (Phi) is 9.10. The fourth-order valence-corrected chi connectivity index (χ4v) is 2.63. The van der Waals surface area contributed by atoms with E-state index in [1.54, 1.807) is 0 Å².